The number of aromatic amines is 1. The fraction of sp³-hybridized carbons (Fsp3) is 0. The predicted octanol–water partition coefficient (Wildman–Crippen LogP) is 8.66. The summed E-state index contributed by atoms with van der Waals surface area (Å²) in [5.41, 5.74) is 2.36. The van der Waals surface area contributed by atoms with Crippen LogP contribution in [0.2, 0.25) is 0 Å². The smallest absolute Gasteiger partial charge is 0.0465 e. The molecule has 0 fully saturated rings. The van der Waals surface area contributed by atoms with E-state index in [0.717, 1.165) is 0 Å². The van der Waals surface area contributed by atoms with Gasteiger partial charge in [0, 0.05) is 41.4 Å². The molecule has 154 valence electrons. The van der Waals surface area contributed by atoms with Crippen molar-refractivity contribution in [1.29, 1.82) is 0 Å². The van der Waals surface area contributed by atoms with Gasteiger partial charge in [-0.05, 0) is 60.7 Å². The fourth-order valence-electron chi connectivity index (χ4n) is 4.71. The topological polar surface area (TPSA) is 15.8 Å². The highest BCUT2D eigenvalue weighted by atomic mass is 32.3. The summed E-state index contributed by atoms with van der Waals surface area (Å²) in [6.45, 7) is 0. The number of rotatable bonds is 4. The Hall–Kier alpha value is -3.75. The molecule has 6 aromatic rings. The van der Waals surface area contributed by atoms with Crippen molar-refractivity contribution in [2.45, 2.75) is 19.6 Å². The molecule has 1 nitrogen and oxygen atoms in total. The van der Waals surface area contributed by atoms with Crippen LogP contribution in [0.15, 0.2) is 153 Å². The zero-order chi connectivity index (χ0) is 21.4. The number of aromatic nitrogens is 1. The Balaban J connectivity index is 1.76. The molecule has 0 bridgehead atoms. The largest absolute Gasteiger partial charge is 0.355 e. The van der Waals surface area contributed by atoms with Crippen LogP contribution in [0.25, 0.3) is 21.8 Å². The molecular weight excluding hydrogens is 406 g/mol. The zero-order valence-corrected chi connectivity index (χ0v) is 18.4. The third-order valence-corrected chi connectivity index (χ3v) is 10.0. The number of para-hydroxylation sites is 1. The van der Waals surface area contributed by atoms with Crippen LogP contribution >= 0.6 is 10.0 Å². The van der Waals surface area contributed by atoms with Crippen molar-refractivity contribution in [3.8, 4) is 0 Å². The van der Waals surface area contributed by atoms with E-state index in [-0.39, 0.29) is 0 Å². The molecule has 1 N–H and O–H groups in total. The molecule has 32 heavy (non-hydrogen) atoms. The quantitative estimate of drug-likeness (QED) is 0.288. The maximum Gasteiger partial charge on any atom is 0.0465 e. The third kappa shape index (κ3) is 2.88. The van der Waals surface area contributed by atoms with Crippen LogP contribution in [0.3, 0.4) is 0 Å². The second-order valence-electron chi connectivity index (χ2n) is 7.93. The Morgan fingerprint density at radius 3 is 1.41 bits per heavy atom. The van der Waals surface area contributed by atoms with Crippen molar-refractivity contribution in [3.63, 3.8) is 0 Å². The third-order valence-electron chi connectivity index (χ3n) is 6.12. The number of hydrogen-bond donors (Lipinski definition) is 1. The van der Waals surface area contributed by atoms with Gasteiger partial charge in [-0.15, -0.1) is 10.0 Å². The normalized spacial score (nSPS) is 12.2. The molecule has 1 heterocycles. The monoisotopic (exact) mass is 429 g/mol. The molecule has 0 aliphatic carbocycles. The van der Waals surface area contributed by atoms with Gasteiger partial charge in [-0.2, -0.15) is 0 Å². The first-order valence-corrected chi connectivity index (χ1v) is 12.5. The SMILES string of the molecule is c1ccc(S(c2ccccc2)(c2ccccc2)c2ccc3[nH]c4ccccc4c3c2)cc1. The van der Waals surface area contributed by atoms with E-state index >= 15 is 0 Å². The second kappa shape index (κ2) is 7.74. The summed E-state index contributed by atoms with van der Waals surface area (Å²) < 4.78 is 0. The fourth-order valence-corrected chi connectivity index (χ4v) is 8.60. The molecule has 2 heteroatoms. The van der Waals surface area contributed by atoms with E-state index in [9.17, 15) is 0 Å². The van der Waals surface area contributed by atoms with E-state index in [1.54, 1.807) is 0 Å². The molecule has 0 spiro atoms. The Labute approximate surface area is 189 Å². The average molecular weight is 430 g/mol. The molecule has 0 unspecified atom stereocenters. The second-order valence-corrected chi connectivity index (χ2v) is 11.0. The van der Waals surface area contributed by atoms with Gasteiger partial charge in [0.15, 0.2) is 0 Å². The van der Waals surface area contributed by atoms with E-state index < -0.39 is 10.0 Å². The first-order valence-electron chi connectivity index (χ1n) is 10.9. The number of hydrogen-bond acceptors (Lipinski definition) is 0. The summed E-state index contributed by atoms with van der Waals surface area (Å²) in [6.07, 6.45) is 0. The Morgan fingerprint density at radius 2 is 0.844 bits per heavy atom. The first-order chi connectivity index (χ1) is 15.9. The van der Waals surface area contributed by atoms with Crippen molar-refractivity contribution < 1.29 is 0 Å². The molecule has 0 aliphatic heterocycles. The highest BCUT2D eigenvalue weighted by Gasteiger charge is 2.33. The summed E-state index contributed by atoms with van der Waals surface area (Å²) >= 11 is 0. The van der Waals surface area contributed by atoms with Crippen LogP contribution in [0.4, 0.5) is 0 Å². The van der Waals surface area contributed by atoms with Gasteiger partial charge < -0.3 is 4.98 Å². The first kappa shape index (κ1) is 19.0. The molecular formula is C30H23NS. The minimum Gasteiger partial charge on any atom is -0.355 e. The maximum atomic E-state index is 3.59. The number of benzene rings is 5. The minimum absolute atomic E-state index is 1.18. The molecule has 1 aromatic heterocycles. The van der Waals surface area contributed by atoms with Gasteiger partial charge in [-0.1, -0.05) is 72.8 Å². The standard InChI is InChI=1S/C30H23NS/c1-4-12-23(13-5-1)32(24-14-6-2-7-15-24,25-16-8-3-9-17-25)26-20-21-30-28(22-26)27-18-10-11-19-29(27)31-30/h1-22,31H. The van der Waals surface area contributed by atoms with Crippen molar-refractivity contribution in [3.05, 3.63) is 133 Å². The molecule has 0 atom stereocenters. The van der Waals surface area contributed by atoms with E-state index in [0.29, 0.717) is 0 Å². The van der Waals surface area contributed by atoms with Crippen LogP contribution in [-0.2, 0) is 0 Å². The van der Waals surface area contributed by atoms with Crippen molar-refractivity contribution in [2.75, 3.05) is 0 Å². The van der Waals surface area contributed by atoms with Crippen molar-refractivity contribution >= 4 is 31.8 Å². The molecule has 5 aromatic carbocycles. The number of fused-ring (bicyclic) bond motifs is 3. The average Bonchev–Trinajstić information content (AvgIpc) is 3.25. The van der Waals surface area contributed by atoms with E-state index in [1.165, 1.54) is 41.4 Å². The highest BCUT2D eigenvalue weighted by molar-refractivity contribution is 8.34. The molecule has 0 amide bonds. The number of H-pyrrole nitrogens is 1. The predicted molar refractivity (Wildman–Crippen MR) is 136 cm³/mol. The van der Waals surface area contributed by atoms with Gasteiger partial charge in [0.25, 0.3) is 0 Å². The van der Waals surface area contributed by atoms with Crippen LogP contribution in [0, 0.1) is 0 Å². The van der Waals surface area contributed by atoms with E-state index in [1.807, 2.05) is 0 Å². The van der Waals surface area contributed by atoms with Gasteiger partial charge in [-0.25, -0.2) is 0 Å². The van der Waals surface area contributed by atoms with Crippen LogP contribution in [0.1, 0.15) is 0 Å². The van der Waals surface area contributed by atoms with Gasteiger partial charge >= 0.3 is 0 Å². The molecule has 0 saturated carbocycles. The lowest BCUT2D eigenvalue weighted by atomic mass is 10.1. The van der Waals surface area contributed by atoms with Crippen LogP contribution in [-0.4, -0.2) is 4.98 Å². The molecule has 0 radical (unpaired) electrons. The Kier molecular flexibility index (Phi) is 4.59. The summed E-state index contributed by atoms with van der Waals surface area (Å²) in [6, 6.07) is 48.5. The van der Waals surface area contributed by atoms with Gasteiger partial charge in [0.2, 0.25) is 0 Å². The lowest BCUT2D eigenvalue weighted by Gasteiger charge is -2.42. The summed E-state index contributed by atoms with van der Waals surface area (Å²) in [5.74, 6) is 0. The van der Waals surface area contributed by atoms with Crippen LogP contribution in [0.5, 0.6) is 0 Å². The Bertz CT molecular complexity index is 1410. The van der Waals surface area contributed by atoms with E-state index in [2.05, 4.69) is 138 Å². The van der Waals surface area contributed by atoms with E-state index in [4.69, 9.17) is 0 Å². The zero-order valence-electron chi connectivity index (χ0n) is 17.6. The summed E-state index contributed by atoms with van der Waals surface area (Å²) in [7, 11) is -1.66. The molecule has 0 saturated heterocycles. The minimum atomic E-state index is -1.66. The van der Waals surface area contributed by atoms with Crippen molar-refractivity contribution in [1.82, 2.24) is 4.98 Å². The van der Waals surface area contributed by atoms with Gasteiger partial charge in [0.1, 0.15) is 0 Å². The Morgan fingerprint density at radius 1 is 0.375 bits per heavy atom. The summed E-state index contributed by atoms with van der Waals surface area (Å²) in [4.78, 5) is 8.96. The maximum absolute atomic E-state index is 3.59. The van der Waals surface area contributed by atoms with Crippen LogP contribution < -0.4 is 0 Å². The summed E-state index contributed by atoms with van der Waals surface area (Å²) in [5, 5.41) is 2.55. The number of nitrogens with one attached hydrogen (secondary N) is 1. The van der Waals surface area contributed by atoms with Crippen molar-refractivity contribution in [2.24, 2.45) is 0 Å². The molecule has 0 aliphatic rings. The lowest BCUT2D eigenvalue weighted by molar-refractivity contribution is 1.25. The van der Waals surface area contributed by atoms with Gasteiger partial charge in [-0.3, -0.25) is 0 Å². The highest BCUT2D eigenvalue weighted by Crippen LogP contribution is 2.73. The van der Waals surface area contributed by atoms with Gasteiger partial charge in [0.05, 0.1) is 0 Å². The molecule has 6 rings (SSSR count). The lowest BCUT2D eigenvalue weighted by Crippen LogP contribution is -2.05.